The third-order valence-corrected chi connectivity index (χ3v) is 7.56. The van der Waals surface area contributed by atoms with Gasteiger partial charge in [0.2, 0.25) is 0 Å². The van der Waals surface area contributed by atoms with Gasteiger partial charge in [0.15, 0.2) is 0 Å². The molecular weight excluding hydrogens is 581 g/mol. The fourth-order valence-electron chi connectivity index (χ4n) is 3.15. The summed E-state index contributed by atoms with van der Waals surface area (Å²) < 4.78 is 1.72. The third kappa shape index (κ3) is 24.6. The van der Waals surface area contributed by atoms with Gasteiger partial charge in [-0.25, -0.2) is 0 Å². The second kappa shape index (κ2) is 30.5. The third-order valence-electron chi connectivity index (χ3n) is 5.67. The molecule has 34 heavy (non-hydrogen) atoms. The molecule has 3 nitrogen and oxygen atoms in total. The molecule has 0 amide bonds. The van der Waals surface area contributed by atoms with Crippen molar-refractivity contribution in [2.45, 2.75) is 74.1 Å². The van der Waals surface area contributed by atoms with Gasteiger partial charge >= 0.3 is 78.0 Å². The van der Waals surface area contributed by atoms with Gasteiger partial charge in [-0.15, -0.1) is 19.7 Å². The van der Waals surface area contributed by atoms with Crippen molar-refractivity contribution in [1.29, 1.82) is 0 Å². The Morgan fingerprint density at radius 1 is 0.706 bits per heavy atom. The first-order valence-electron chi connectivity index (χ1n) is 13.5. The molecule has 0 aromatic carbocycles. The van der Waals surface area contributed by atoms with E-state index >= 15 is 0 Å². The molecule has 0 aromatic rings. The molecule has 0 saturated carbocycles. The second-order valence-electron chi connectivity index (χ2n) is 8.04. The summed E-state index contributed by atoms with van der Waals surface area (Å²) >= 11 is 1.27. The van der Waals surface area contributed by atoms with Crippen LogP contribution in [0.1, 0.15) is 74.1 Å². The van der Waals surface area contributed by atoms with Crippen molar-refractivity contribution in [2.24, 2.45) is 0 Å². The van der Waals surface area contributed by atoms with Crippen LogP contribution in [0, 0.1) is 0 Å². The van der Waals surface area contributed by atoms with Crippen LogP contribution in [-0.4, -0.2) is 73.6 Å². The van der Waals surface area contributed by atoms with Crippen LogP contribution < -0.4 is 0 Å². The van der Waals surface area contributed by atoms with Gasteiger partial charge in [-0.05, 0) is 39.3 Å². The van der Waals surface area contributed by atoms with Crippen LogP contribution in [0.15, 0.2) is 59.0 Å². The van der Waals surface area contributed by atoms with Crippen LogP contribution >= 0.6 is 0 Å². The van der Waals surface area contributed by atoms with Crippen LogP contribution in [0.2, 0.25) is 0 Å². The van der Waals surface area contributed by atoms with Crippen molar-refractivity contribution in [3.8, 4) is 0 Å². The quantitative estimate of drug-likeness (QED) is 0.136. The zero-order valence-electron chi connectivity index (χ0n) is 24.0. The number of hydrogen-bond acceptors (Lipinski definition) is 3. The molecule has 0 unspecified atom stereocenters. The van der Waals surface area contributed by atoms with E-state index in [1.54, 1.807) is 8.90 Å². The van der Waals surface area contributed by atoms with E-state index in [1.165, 1.54) is 50.1 Å². The van der Waals surface area contributed by atoms with Crippen molar-refractivity contribution in [1.82, 2.24) is 14.7 Å². The van der Waals surface area contributed by atoms with E-state index < -0.39 is 0 Å². The maximum atomic E-state index is 3.65. The fraction of sp³-hybridized carbons (Fsp3) is 0.667. The summed E-state index contributed by atoms with van der Waals surface area (Å²) in [6, 6.07) is 0. The molecule has 0 saturated heterocycles. The van der Waals surface area contributed by atoms with Crippen molar-refractivity contribution >= 4 is 0 Å². The number of allylic oxidation sites excluding steroid dienone is 4. The summed E-state index contributed by atoms with van der Waals surface area (Å²) in [5.74, 6) is 0. The number of rotatable bonds is 15. The van der Waals surface area contributed by atoms with Gasteiger partial charge in [0.25, 0.3) is 0 Å². The molecule has 0 bridgehead atoms. The average Bonchev–Trinajstić information content (AvgIpc) is 3.28. The van der Waals surface area contributed by atoms with Crippen LogP contribution in [0.3, 0.4) is 0 Å². The van der Waals surface area contributed by atoms with E-state index in [9.17, 15) is 0 Å². The Hall–Kier alpha value is -0.550. The fourth-order valence-corrected chi connectivity index (χ4v) is 4.32. The van der Waals surface area contributed by atoms with Crippen LogP contribution in [0.4, 0.5) is 0 Å². The Balaban J connectivity index is -0.000000380. The number of hydrogen-bond donors (Lipinski definition) is 0. The van der Waals surface area contributed by atoms with E-state index in [1.807, 2.05) is 18.2 Å². The standard InChI is InChI=1S/C9H13.3C7H15N.Hf/c1-2-3-6-9-7-4-5-8-9;3*1-4-7-8(5-2)6-3;/h4,7H,2-3,5-6H2,1H3;3*4H,1,5-7H2,2-3H3;. The summed E-state index contributed by atoms with van der Waals surface area (Å²) in [7, 11) is 0. The summed E-state index contributed by atoms with van der Waals surface area (Å²) in [6.45, 7) is 36.0. The van der Waals surface area contributed by atoms with Gasteiger partial charge in [0, 0.05) is 19.6 Å². The molecular formula is C30H58HfN3. The molecule has 0 aliphatic heterocycles. The van der Waals surface area contributed by atoms with Gasteiger partial charge < -0.3 is 14.7 Å². The zero-order chi connectivity index (χ0) is 26.6. The van der Waals surface area contributed by atoms with E-state index in [2.05, 4.69) is 95.1 Å². The van der Waals surface area contributed by atoms with Crippen molar-refractivity contribution in [3.05, 3.63) is 59.0 Å². The summed E-state index contributed by atoms with van der Waals surface area (Å²) in [5, 5.41) is 0. The van der Waals surface area contributed by atoms with E-state index in [0.29, 0.717) is 0 Å². The predicted octanol–water partition coefficient (Wildman–Crippen LogP) is 7.48. The SMILES string of the molecule is C=CCN(CC)CC.C=CCN(CC)CC.C=CCN(CC)CC.CCCCC1=[C]([Hf])CC=C1. The topological polar surface area (TPSA) is 9.72 Å². The number of likely N-dealkylation sites (N-methyl/N-ethyl adjacent to an activating group) is 3. The second-order valence-corrected chi connectivity index (χ2v) is 10.2. The van der Waals surface area contributed by atoms with Crippen molar-refractivity contribution < 1.29 is 24.4 Å². The van der Waals surface area contributed by atoms with Crippen molar-refractivity contribution in [2.75, 3.05) is 58.9 Å². The Morgan fingerprint density at radius 2 is 1.06 bits per heavy atom. The van der Waals surface area contributed by atoms with Crippen LogP contribution in [-0.2, 0) is 24.4 Å². The van der Waals surface area contributed by atoms with E-state index in [-0.39, 0.29) is 0 Å². The first kappa shape index (κ1) is 38.0. The Kier molecular flexibility index (Phi) is 34.1. The van der Waals surface area contributed by atoms with E-state index in [0.717, 1.165) is 58.9 Å². The molecule has 0 aromatic heterocycles. The molecule has 1 aliphatic rings. The normalized spacial score (nSPS) is 11.9. The van der Waals surface area contributed by atoms with Crippen molar-refractivity contribution in [3.63, 3.8) is 0 Å². The Morgan fingerprint density at radius 3 is 1.24 bits per heavy atom. The van der Waals surface area contributed by atoms with Gasteiger partial charge in [0.05, 0.1) is 0 Å². The van der Waals surface area contributed by atoms with Gasteiger partial charge in [0.1, 0.15) is 0 Å². The van der Waals surface area contributed by atoms with Gasteiger partial charge in [-0.2, -0.15) is 0 Å². The van der Waals surface area contributed by atoms with Crippen LogP contribution in [0.5, 0.6) is 0 Å². The van der Waals surface area contributed by atoms with Gasteiger partial charge in [-0.3, -0.25) is 0 Å². The minimum absolute atomic E-state index is 1.02. The molecule has 0 fully saturated rings. The Bertz CT molecular complexity index is 470. The molecule has 0 heterocycles. The molecule has 0 radical (unpaired) electrons. The van der Waals surface area contributed by atoms with Crippen LogP contribution in [0.25, 0.3) is 0 Å². The minimum atomic E-state index is 1.02. The summed E-state index contributed by atoms with van der Waals surface area (Å²) in [4.78, 5) is 6.94. The molecule has 0 atom stereocenters. The molecule has 197 valence electrons. The number of unbranched alkanes of at least 4 members (excludes halogenated alkanes) is 1. The number of nitrogens with zero attached hydrogens (tertiary/aromatic N) is 3. The predicted molar refractivity (Wildman–Crippen MR) is 154 cm³/mol. The first-order valence-corrected chi connectivity index (χ1v) is 15.3. The molecule has 4 heteroatoms. The monoisotopic (exact) mass is 640 g/mol. The molecule has 1 rings (SSSR count). The summed E-state index contributed by atoms with van der Waals surface area (Å²) in [5.41, 5.74) is 1.65. The molecule has 0 N–H and O–H groups in total. The van der Waals surface area contributed by atoms with E-state index in [4.69, 9.17) is 0 Å². The zero-order valence-corrected chi connectivity index (χ0v) is 27.6. The Labute approximate surface area is 230 Å². The maximum absolute atomic E-state index is 3.65. The first-order chi connectivity index (χ1) is 16.4. The average molecular weight is 639 g/mol. The molecule has 1 aliphatic carbocycles. The molecule has 0 spiro atoms. The van der Waals surface area contributed by atoms with Gasteiger partial charge in [-0.1, -0.05) is 59.8 Å². The summed E-state index contributed by atoms with van der Waals surface area (Å²) in [6.07, 6.45) is 15.7.